The Morgan fingerprint density at radius 2 is 1.93 bits per heavy atom. The van der Waals surface area contributed by atoms with Crippen LogP contribution in [0.4, 0.5) is 23.1 Å². The van der Waals surface area contributed by atoms with Crippen molar-refractivity contribution in [3.8, 4) is 17.3 Å². The van der Waals surface area contributed by atoms with Crippen molar-refractivity contribution >= 4 is 52.1 Å². The van der Waals surface area contributed by atoms with Crippen LogP contribution >= 0.6 is 0 Å². The lowest BCUT2D eigenvalue weighted by Gasteiger charge is -2.39. The van der Waals surface area contributed by atoms with Crippen molar-refractivity contribution in [2.24, 2.45) is 0 Å². The molecule has 46 heavy (non-hydrogen) atoms. The smallest absolute Gasteiger partial charge is 0.376 e. The Kier molecular flexibility index (Phi) is 9.61. The molecule has 2 aliphatic rings. The zero-order chi connectivity index (χ0) is 33.3. The van der Waals surface area contributed by atoms with Gasteiger partial charge in [0.15, 0.2) is 8.32 Å². The number of benzene rings is 1. The van der Waals surface area contributed by atoms with Gasteiger partial charge >= 0.3 is 14.5 Å². The number of piperazine rings is 1. The first-order chi connectivity index (χ1) is 21.7. The van der Waals surface area contributed by atoms with Gasteiger partial charge < -0.3 is 34.1 Å². The Morgan fingerprint density at radius 3 is 2.54 bits per heavy atom. The van der Waals surface area contributed by atoms with Gasteiger partial charge in [0.2, 0.25) is 5.95 Å². The van der Waals surface area contributed by atoms with Gasteiger partial charge in [0.25, 0.3) is 0 Å². The average molecular weight is 637 g/mol. The van der Waals surface area contributed by atoms with Gasteiger partial charge in [-0.2, -0.15) is 5.26 Å². The molecule has 1 atom stereocenters. The molecule has 2 N–H and O–H groups in total. The number of anilines is 4. The zero-order valence-corrected chi connectivity index (χ0v) is 28.9. The molecule has 0 bridgehead atoms. The fourth-order valence-electron chi connectivity index (χ4n) is 5.75. The van der Waals surface area contributed by atoms with Gasteiger partial charge in [0, 0.05) is 62.2 Å². The number of rotatable bonds is 10. The predicted molar refractivity (Wildman–Crippen MR) is 188 cm³/mol. The number of hydrogen-bond donors (Lipinski definition) is 2. The number of nitrogens with one attached hydrogen (secondary N) is 1. The SMILES string of the molecule is CB(O)N1CCN(c2ccc(Nc3nccc(-c4cc(C#N)c5c(c4)C(C)(CO[Si](C)(C)C(C)(C)C)CN5[B]C=O)n3)nc2)CC1. The monoisotopic (exact) mass is 637 g/mol. The Hall–Kier alpha value is -3.76. The molecule has 14 heteroatoms. The number of nitrogens with zero attached hydrogens (tertiary/aromatic N) is 7. The van der Waals surface area contributed by atoms with E-state index >= 15 is 0 Å². The lowest BCUT2D eigenvalue weighted by atomic mass is 9.83. The van der Waals surface area contributed by atoms with Crippen LogP contribution in [0.1, 0.15) is 38.8 Å². The molecule has 5 rings (SSSR count). The second-order valence-electron chi connectivity index (χ2n) is 14.0. The third kappa shape index (κ3) is 6.98. The highest BCUT2D eigenvalue weighted by atomic mass is 28.4. The van der Waals surface area contributed by atoms with Crippen molar-refractivity contribution in [1.29, 1.82) is 5.26 Å². The quantitative estimate of drug-likeness (QED) is 0.244. The molecule has 2 aromatic heterocycles. The van der Waals surface area contributed by atoms with E-state index in [1.165, 1.54) is 7.41 Å². The van der Waals surface area contributed by atoms with Crippen molar-refractivity contribution in [3.63, 3.8) is 0 Å². The van der Waals surface area contributed by atoms with Gasteiger partial charge in [-0.05, 0) is 60.9 Å². The summed E-state index contributed by atoms with van der Waals surface area (Å²) in [5, 5.41) is 23.3. The topological polar surface area (TPSA) is 131 Å². The fourth-order valence-corrected chi connectivity index (χ4v) is 6.87. The van der Waals surface area contributed by atoms with E-state index in [0.717, 1.165) is 54.9 Å². The lowest BCUT2D eigenvalue weighted by molar-refractivity contribution is 0.219. The van der Waals surface area contributed by atoms with Crippen molar-refractivity contribution in [1.82, 2.24) is 19.8 Å². The molecule has 4 heterocycles. The minimum atomic E-state index is -2.06. The molecule has 239 valence electrons. The van der Waals surface area contributed by atoms with Gasteiger partial charge in [-0.1, -0.05) is 27.7 Å². The van der Waals surface area contributed by atoms with Crippen molar-refractivity contribution < 1.29 is 14.2 Å². The van der Waals surface area contributed by atoms with Crippen LogP contribution in [0.2, 0.25) is 25.0 Å². The normalized spacial score (nSPS) is 18.6. The van der Waals surface area contributed by atoms with Crippen molar-refractivity contribution in [2.45, 2.75) is 58.1 Å². The van der Waals surface area contributed by atoms with Crippen LogP contribution in [0.25, 0.3) is 11.3 Å². The van der Waals surface area contributed by atoms with E-state index in [4.69, 9.17) is 9.41 Å². The molecule has 1 aromatic carbocycles. The number of hydrogen-bond acceptors (Lipinski definition) is 11. The first kappa shape index (κ1) is 33.6. The number of fused-ring (bicyclic) bond motifs is 1. The van der Waals surface area contributed by atoms with E-state index in [2.05, 4.69) is 73.1 Å². The van der Waals surface area contributed by atoms with E-state index in [1.807, 2.05) is 40.1 Å². The summed E-state index contributed by atoms with van der Waals surface area (Å²) in [4.78, 5) is 31.6. The highest BCUT2D eigenvalue weighted by Crippen LogP contribution is 2.46. The molecular formula is C32H43B2N8O3Si. The number of carbonyl (C=O) groups excluding carboxylic acids is 1. The van der Waals surface area contributed by atoms with Gasteiger partial charge in [-0.3, -0.25) is 0 Å². The second-order valence-corrected chi connectivity index (χ2v) is 18.8. The van der Waals surface area contributed by atoms with Crippen molar-refractivity contribution in [2.75, 3.05) is 54.4 Å². The van der Waals surface area contributed by atoms with Gasteiger partial charge in [-0.15, -0.1) is 0 Å². The standard InChI is InChI=1S/C32H43B2N8O3Si/c1-31(2,3)46(6,7)45-21-32(4)20-42(33-22-43)29-24(18-35)16-23(17-26(29)32)27-10-11-36-30(38-27)39-28-9-8-25(19-37-28)40-12-14-41(15-13-40)34(5)44/h8-11,16-17,19,22,44H,12-15,20-21H2,1-7H3,(H,36,37,38,39). The molecule has 1 unspecified atom stereocenters. The third-order valence-corrected chi connectivity index (χ3v) is 14.1. The Bertz CT molecular complexity index is 1600. The fraction of sp³-hybridized carbons (Fsp3) is 0.469. The highest BCUT2D eigenvalue weighted by molar-refractivity contribution is 6.74. The van der Waals surface area contributed by atoms with Crippen LogP contribution in [0.5, 0.6) is 0 Å². The zero-order valence-electron chi connectivity index (χ0n) is 27.9. The number of aromatic nitrogens is 3. The van der Waals surface area contributed by atoms with Crippen LogP contribution < -0.4 is 15.0 Å². The molecule has 2 aliphatic heterocycles. The highest BCUT2D eigenvalue weighted by Gasteiger charge is 2.44. The third-order valence-electron chi connectivity index (χ3n) is 9.63. The second kappa shape index (κ2) is 13.2. The number of carbonyl (C=O) groups is 1. The molecule has 11 nitrogen and oxygen atoms in total. The molecular weight excluding hydrogens is 594 g/mol. The minimum Gasteiger partial charge on any atom is -0.437 e. The summed E-state index contributed by atoms with van der Waals surface area (Å²) in [5.74, 6) is 1.01. The van der Waals surface area contributed by atoms with Crippen LogP contribution in [-0.2, 0) is 14.6 Å². The summed E-state index contributed by atoms with van der Waals surface area (Å²) in [6.45, 7) is 19.3. The molecule has 3 aromatic rings. The van der Waals surface area contributed by atoms with E-state index in [9.17, 15) is 15.1 Å². The molecule has 1 saturated heterocycles. The minimum absolute atomic E-state index is 0.0489. The molecule has 0 saturated carbocycles. The first-order valence-electron chi connectivity index (χ1n) is 15.8. The summed E-state index contributed by atoms with van der Waals surface area (Å²) < 4.78 is 6.70. The lowest BCUT2D eigenvalue weighted by Crippen LogP contribution is -2.51. The Labute approximate surface area is 274 Å². The van der Waals surface area contributed by atoms with Crippen LogP contribution in [0.15, 0.2) is 42.7 Å². The maximum atomic E-state index is 11.6. The summed E-state index contributed by atoms with van der Waals surface area (Å²) >= 11 is 0. The van der Waals surface area contributed by atoms with Crippen LogP contribution in [-0.4, -0.2) is 93.1 Å². The number of nitriles is 1. The molecule has 0 aliphatic carbocycles. The van der Waals surface area contributed by atoms with E-state index in [-0.39, 0.29) is 5.04 Å². The van der Waals surface area contributed by atoms with Gasteiger partial charge in [0.05, 0.1) is 23.1 Å². The van der Waals surface area contributed by atoms with Crippen LogP contribution in [0, 0.1) is 11.3 Å². The molecule has 1 radical (unpaired) electrons. The summed E-state index contributed by atoms with van der Waals surface area (Å²) in [7, 11) is -0.998. The van der Waals surface area contributed by atoms with Crippen LogP contribution in [0.3, 0.4) is 0 Å². The summed E-state index contributed by atoms with van der Waals surface area (Å²) in [6.07, 6.45) is 4.28. The summed E-state index contributed by atoms with van der Waals surface area (Å²) in [6, 6.07) is 12.0. The maximum absolute atomic E-state index is 11.6. The maximum Gasteiger partial charge on any atom is 0.376 e. The predicted octanol–water partition coefficient (Wildman–Crippen LogP) is 4.30. The molecule has 0 amide bonds. The Morgan fingerprint density at radius 1 is 1.20 bits per heavy atom. The van der Waals surface area contributed by atoms with E-state index in [0.29, 0.717) is 36.2 Å². The van der Waals surface area contributed by atoms with Gasteiger partial charge in [0.1, 0.15) is 18.1 Å². The first-order valence-corrected chi connectivity index (χ1v) is 18.7. The summed E-state index contributed by atoms with van der Waals surface area (Å²) in [5.41, 5.74) is 4.19. The molecule has 0 spiro atoms. The van der Waals surface area contributed by atoms with Gasteiger partial charge in [-0.25, -0.2) is 15.0 Å². The molecule has 1 fully saturated rings. The van der Waals surface area contributed by atoms with Crippen molar-refractivity contribution in [3.05, 3.63) is 53.9 Å². The Balaban J connectivity index is 1.39. The van der Waals surface area contributed by atoms with E-state index < -0.39 is 20.8 Å². The van der Waals surface area contributed by atoms with E-state index in [1.54, 1.807) is 13.0 Å². The number of pyridine rings is 1. The largest absolute Gasteiger partial charge is 0.437 e. The average Bonchev–Trinajstić information content (AvgIpc) is 3.31.